The fourth-order valence-electron chi connectivity index (χ4n) is 2.19. The Labute approximate surface area is 147 Å². The lowest BCUT2D eigenvalue weighted by atomic mass is 10.1. The number of hydrogen-bond donors (Lipinski definition) is 2. The van der Waals surface area contributed by atoms with Gasteiger partial charge in [-0.1, -0.05) is 23.7 Å². The molecular formula is C16H23ClN6O. The van der Waals surface area contributed by atoms with Gasteiger partial charge in [-0.15, -0.1) is 0 Å². The number of benzene rings is 1. The maximum atomic E-state index is 6.05. The molecular weight excluding hydrogens is 328 g/mol. The molecule has 1 unspecified atom stereocenters. The number of ether oxygens (including phenoxy) is 1. The first-order valence-corrected chi connectivity index (χ1v) is 8.15. The van der Waals surface area contributed by atoms with E-state index in [-0.39, 0.29) is 6.10 Å². The normalized spacial score (nSPS) is 12.9. The molecule has 2 aromatic rings. The average Bonchev–Trinajstić information content (AvgIpc) is 2.98. The number of guanidine groups is 1. The van der Waals surface area contributed by atoms with Crippen LogP contribution in [0.15, 0.2) is 35.6 Å². The fourth-order valence-corrected chi connectivity index (χ4v) is 2.39. The molecule has 2 N–H and O–H groups in total. The van der Waals surface area contributed by atoms with Crippen LogP contribution in [0.5, 0.6) is 0 Å². The summed E-state index contributed by atoms with van der Waals surface area (Å²) in [5, 5.41) is 11.2. The number of methoxy groups -OCH3 is 1. The van der Waals surface area contributed by atoms with Gasteiger partial charge >= 0.3 is 0 Å². The van der Waals surface area contributed by atoms with Crippen LogP contribution in [0.4, 0.5) is 0 Å². The molecule has 8 heteroatoms. The lowest BCUT2D eigenvalue weighted by Crippen LogP contribution is -2.39. The summed E-state index contributed by atoms with van der Waals surface area (Å²) in [7, 11) is 3.52. The van der Waals surface area contributed by atoms with Crippen LogP contribution >= 0.6 is 11.6 Å². The molecule has 0 aliphatic carbocycles. The molecule has 0 fully saturated rings. The predicted octanol–water partition coefficient (Wildman–Crippen LogP) is 1.91. The van der Waals surface area contributed by atoms with E-state index in [0.29, 0.717) is 24.1 Å². The minimum atomic E-state index is -0.123. The Morgan fingerprint density at radius 3 is 2.88 bits per heavy atom. The van der Waals surface area contributed by atoms with Crippen LogP contribution in [0.2, 0.25) is 5.02 Å². The van der Waals surface area contributed by atoms with Crippen LogP contribution in [0.3, 0.4) is 0 Å². The van der Waals surface area contributed by atoms with Gasteiger partial charge in [-0.3, -0.25) is 4.68 Å². The van der Waals surface area contributed by atoms with Crippen molar-refractivity contribution < 1.29 is 4.74 Å². The monoisotopic (exact) mass is 350 g/mol. The number of aromatic nitrogens is 3. The highest BCUT2D eigenvalue weighted by Gasteiger charge is 2.12. The molecule has 0 aliphatic heterocycles. The molecule has 0 saturated carbocycles. The summed E-state index contributed by atoms with van der Waals surface area (Å²) in [6.45, 7) is 3.80. The first-order valence-electron chi connectivity index (χ1n) is 7.77. The summed E-state index contributed by atoms with van der Waals surface area (Å²) in [6.07, 6.45) is 1.40. The van der Waals surface area contributed by atoms with E-state index in [1.165, 1.54) is 6.33 Å². The molecule has 7 nitrogen and oxygen atoms in total. The van der Waals surface area contributed by atoms with Crippen LogP contribution in [0.25, 0.3) is 0 Å². The molecule has 0 bridgehead atoms. The summed E-state index contributed by atoms with van der Waals surface area (Å²) >= 11 is 6.05. The Hall–Kier alpha value is -2.12. The van der Waals surface area contributed by atoms with E-state index in [1.807, 2.05) is 38.2 Å². The maximum Gasteiger partial charge on any atom is 0.191 e. The number of rotatable bonds is 7. The van der Waals surface area contributed by atoms with E-state index in [9.17, 15) is 0 Å². The van der Waals surface area contributed by atoms with Gasteiger partial charge in [-0.25, -0.2) is 9.98 Å². The molecule has 0 amide bonds. The van der Waals surface area contributed by atoms with Gasteiger partial charge in [0.2, 0.25) is 0 Å². The smallest absolute Gasteiger partial charge is 0.191 e. The third-order valence-electron chi connectivity index (χ3n) is 3.49. The van der Waals surface area contributed by atoms with Crippen molar-refractivity contribution >= 4 is 17.6 Å². The summed E-state index contributed by atoms with van der Waals surface area (Å²) in [6, 6.07) is 7.65. The number of aryl methyl sites for hydroxylation is 1. The van der Waals surface area contributed by atoms with Crippen LogP contribution < -0.4 is 10.6 Å². The third kappa shape index (κ3) is 5.21. The van der Waals surface area contributed by atoms with Crippen molar-refractivity contribution in [2.45, 2.75) is 19.6 Å². The van der Waals surface area contributed by atoms with Crippen molar-refractivity contribution in [3.63, 3.8) is 0 Å². The molecule has 1 heterocycles. The Morgan fingerprint density at radius 1 is 1.42 bits per heavy atom. The largest absolute Gasteiger partial charge is 0.375 e. The van der Waals surface area contributed by atoms with E-state index >= 15 is 0 Å². The molecule has 24 heavy (non-hydrogen) atoms. The first-order chi connectivity index (χ1) is 11.6. The SMILES string of the molecule is CCNC(=NCc1ncnn1C)NCC(OC)c1cccc(Cl)c1. The zero-order chi connectivity index (χ0) is 17.4. The minimum absolute atomic E-state index is 0.123. The van der Waals surface area contributed by atoms with Crippen LogP contribution in [0, 0.1) is 0 Å². The summed E-state index contributed by atoms with van der Waals surface area (Å²) in [4.78, 5) is 8.69. The van der Waals surface area contributed by atoms with Crippen LogP contribution in [-0.4, -0.2) is 40.9 Å². The third-order valence-corrected chi connectivity index (χ3v) is 3.72. The highest BCUT2D eigenvalue weighted by molar-refractivity contribution is 6.30. The van der Waals surface area contributed by atoms with E-state index in [4.69, 9.17) is 16.3 Å². The highest BCUT2D eigenvalue weighted by atomic mass is 35.5. The molecule has 130 valence electrons. The zero-order valence-electron chi connectivity index (χ0n) is 14.2. The van der Waals surface area contributed by atoms with Gasteiger partial charge in [0.25, 0.3) is 0 Å². The van der Waals surface area contributed by atoms with Gasteiger partial charge in [0.15, 0.2) is 5.96 Å². The van der Waals surface area contributed by atoms with Gasteiger partial charge in [-0.2, -0.15) is 5.10 Å². The van der Waals surface area contributed by atoms with Gasteiger partial charge < -0.3 is 15.4 Å². The molecule has 1 aromatic heterocycles. The highest BCUT2D eigenvalue weighted by Crippen LogP contribution is 2.19. The fraction of sp³-hybridized carbons (Fsp3) is 0.438. The predicted molar refractivity (Wildman–Crippen MR) is 95.0 cm³/mol. The summed E-state index contributed by atoms with van der Waals surface area (Å²) in [5.41, 5.74) is 1.02. The molecule has 0 aliphatic rings. The van der Waals surface area contributed by atoms with E-state index < -0.39 is 0 Å². The van der Waals surface area contributed by atoms with Crippen molar-refractivity contribution in [1.29, 1.82) is 0 Å². The van der Waals surface area contributed by atoms with Gasteiger partial charge in [0, 0.05) is 32.3 Å². The molecule has 1 aromatic carbocycles. The molecule has 1 atom stereocenters. The zero-order valence-corrected chi connectivity index (χ0v) is 14.9. The Kier molecular flexibility index (Phi) is 7.02. The second kappa shape index (κ2) is 9.24. The number of aliphatic imine (C=N–C) groups is 1. The topological polar surface area (TPSA) is 76.4 Å². The minimum Gasteiger partial charge on any atom is -0.375 e. The second-order valence-electron chi connectivity index (χ2n) is 5.16. The molecule has 0 spiro atoms. The number of hydrogen-bond acceptors (Lipinski definition) is 4. The van der Waals surface area contributed by atoms with Crippen molar-refractivity contribution in [2.24, 2.45) is 12.0 Å². The van der Waals surface area contributed by atoms with E-state index in [0.717, 1.165) is 17.9 Å². The van der Waals surface area contributed by atoms with E-state index in [2.05, 4.69) is 25.7 Å². The quantitative estimate of drug-likeness (QED) is 0.589. The van der Waals surface area contributed by atoms with Crippen molar-refractivity contribution in [1.82, 2.24) is 25.4 Å². The number of nitrogens with one attached hydrogen (secondary N) is 2. The van der Waals surface area contributed by atoms with Gasteiger partial charge in [0.1, 0.15) is 18.7 Å². The van der Waals surface area contributed by atoms with Gasteiger partial charge in [0.05, 0.1) is 6.10 Å². The summed E-state index contributed by atoms with van der Waals surface area (Å²) in [5.74, 6) is 1.50. The molecule has 0 radical (unpaired) electrons. The Morgan fingerprint density at radius 2 is 2.25 bits per heavy atom. The van der Waals surface area contributed by atoms with Crippen molar-refractivity contribution in [3.05, 3.63) is 47.0 Å². The maximum absolute atomic E-state index is 6.05. The standard InChI is InChI=1S/C16H23ClN6O/c1-4-18-16(20-10-15-21-11-22-23(15)2)19-9-14(24-3)12-6-5-7-13(17)8-12/h5-8,11,14H,4,9-10H2,1-3H3,(H2,18,19,20). The van der Waals surface area contributed by atoms with Crippen LogP contribution in [0.1, 0.15) is 24.4 Å². The first kappa shape index (κ1) is 18.2. The molecule has 0 saturated heterocycles. The average molecular weight is 351 g/mol. The lowest BCUT2D eigenvalue weighted by molar-refractivity contribution is 0.106. The number of halogens is 1. The van der Waals surface area contributed by atoms with Gasteiger partial charge in [-0.05, 0) is 24.6 Å². The van der Waals surface area contributed by atoms with Crippen molar-refractivity contribution in [2.75, 3.05) is 20.2 Å². The Bertz CT molecular complexity index is 672. The summed E-state index contributed by atoms with van der Waals surface area (Å²) < 4.78 is 7.26. The van der Waals surface area contributed by atoms with Crippen molar-refractivity contribution in [3.8, 4) is 0 Å². The Balaban J connectivity index is 2.00. The van der Waals surface area contributed by atoms with Crippen LogP contribution in [-0.2, 0) is 18.3 Å². The van der Waals surface area contributed by atoms with E-state index in [1.54, 1.807) is 11.8 Å². The number of nitrogens with zero attached hydrogens (tertiary/aromatic N) is 4. The lowest BCUT2D eigenvalue weighted by Gasteiger charge is -2.19. The second-order valence-corrected chi connectivity index (χ2v) is 5.59. The molecule has 2 rings (SSSR count).